The summed E-state index contributed by atoms with van der Waals surface area (Å²) in [6.07, 6.45) is 5.49. The van der Waals surface area contributed by atoms with Crippen molar-refractivity contribution in [2.45, 2.75) is 45.3 Å². The normalized spacial score (nSPS) is 16.8. The number of carbonyl (C=O) groups excluding carboxylic acids is 1. The Morgan fingerprint density at radius 1 is 1.30 bits per heavy atom. The molecule has 1 N–H and O–H groups in total. The number of H-pyrrole nitrogens is 1. The van der Waals surface area contributed by atoms with Gasteiger partial charge in [-0.2, -0.15) is 0 Å². The van der Waals surface area contributed by atoms with Gasteiger partial charge in [0, 0.05) is 12.7 Å². The average Bonchev–Trinajstić information content (AvgIpc) is 3.33. The van der Waals surface area contributed by atoms with Crippen LogP contribution in [-0.4, -0.2) is 32.5 Å². The number of fused-ring (bicyclic) bond motifs is 1. The maximum Gasteiger partial charge on any atom is 0.410 e. The first kappa shape index (κ1) is 17.5. The third kappa shape index (κ3) is 3.79. The molecule has 4 rings (SSSR count). The highest BCUT2D eigenvalue weighted by molar-refractivity contribution is 5.72. The van der Waals surface area contributed by atoms with Crippen molar-refractivity contribution < 1.29 is 9.53 Å². The van der Waals surface area contributed by atoms with Crippen molar-refractivity contribution in [2.24, 2.45) is 0 Å². The second kappa shape index (κ2) is 7.78. The molecule has 0 spiro atoms. The van der Waals surface area contributed by atoms with Crippen molar-refractivity contribution in [3.8, 4) is 0 Å². The highest BCUT2D eigenvalue weighted by atomic mass is 16.6. The molecule has 0 aliphatic carbocycles. The maximum absolute atomic E-state index is 12.6. The zero-order valence-corrected chi connectivity index (χ0v) is 15.5. The lowest BCUT2D eigenvalue weighted by Crippen LogP contribution is -2.31. The van der Waals surface area contributed by atoms with Crippen molar-refractivity contribution >= 4 is 17.3 Å². The van der Waals surface area contributed by atoms with Gasteiger partial charge in [0.1, 0.15) is 12.4 Å². The Kier molecular flexibility index (Phi) is 5.05. The summed E-state index contributed by atoms with van der Waals surface area (Å²) in [5, 5.41) is 0. The Morgan fingerprint density at radius 2 is 2.15 bits per heavy atom. The first-order chi connectivity index (χ1) is 13.2. The molecule has 1 aliphatic heterocycles. The minimum absolute atomic E-state index is 0.0860. The van der Waals surface area contributed by atoms with Gasteiger partial charge in [-0.15, -0.1) is 0 Å². The van der Waals surface area contributed by atoms with Crippen LogP contribution in [0.15, 0.2) is 42.6 Å². The minimum atomic E-state index is -0.290. The molecule has 1 atom stereocenters. The van der Waals surface area contributed by atoms with E-state index in [0.717, 1.165) is 42.6 Å². The van der Waals surface area contributed by atoms with E-state index < -0.39 is 0 Å². The van der Waals surface area contributed by atoms with E-state index in [0.29, 0.717) is 12.2 Å². The topological polar surface area (TPSA) is 71.1 Å². The van der Waals surface area contributed by atoms with Crippen molar-refractivity contribution in [1.29, 1.82) is 0 Å². The van der Waals surface area contributed by atoms with Gasteiger partial charge < -0.3 is 9.72 Å². The number of hydrogen-bond acceptors (Lipinski definition) is 4. The summed E-state index contributed by atoms with van der Waals surface area (Å²) >= 11 is 0. The number of nitrogens with zero attached hydrogens (tertiary/aromatic N) is 3. The van der Waals surface area contributed by atoms with Crippen molar-refractivity contribution in [1.82, 2.24) is 19.9 Å². The number of rotatable bonds is 5. The number of hydrogen-bond donors (Lipinski definition) is 1. The van der Waals surface area contributed by atoms with E-state index in [1.807, 2.05) is 36.5 Å². The molecule has 0 radical (unpaired) electrons. The van der Waals surface area contributed by atoms with Crippen molar-refractivity contribution in [3.05, 3.63) is 59.5 Å². The van der Waals surface area contributed by atoms with Gasteiger partial charge in [0.15, 0.2) is 5.65 Å². The molecule has 1 fully saturated rings. The van der Waals surface area contributed by atoms with E-state index >= 15 is 0 Å². The number of amides is 1. The monoisotopic (exact) mass is 364 g/mol. The van der Waals surface area contributed by atoms with Crippen LogP contribution in [0.25, 0.3) is 11.2 Å². The van der Waals surface area contributed by atoms with E-state index in [1.54, 1.807) is 4.90 Å². The number of likely N-dealkylation sites (tertiary alicyclic amines) is 1. The Hall–Kier alpha value is -2.89. The number of nitrogens with one attached hydrogen (secondary N) is 1. The van der Waals surface area contributed by atoms with Gasteiger partial charge in [-0.25, -0.2) is 14.8 Å². The molecule has 140 valence electrons. The summed E-state index contributed by atoms with van der Waals surface area (Å²) in [7, 11) is 0. The Labute approximate surface area is 158 Å². The Balaban J connectivity index is 1.48. The molecular formula is C21H24N4O2. The second-order valence-electron chi connectivity index (χ2n) is 6.98. The second-order valence-corrected chi connectivity index (χ2v) is 6.98. The summed E-state index contributed by atoms with van der Waals surface area (Å²) in [4.78, 5) is 26.8. The number of imidazole rings is 1. The van der Waals surface area contributed by atoms with Crippen LogP contribution in [-0.2, 0) is 17.8 Å². The van der Waals surface area contributed by atoms with E-state index in [2.05, 4.69) is 27.9 Å². The predicted molar refractivity (Wildman–Crippen MR) is 103 cm³/mol. The molecule has 1 aromatic carbocycles. The molecule has 3 heterocycles. The lowest BCUT2D eigenvalue weighted by atomic mass is 10.2. The number of carbonyl (C=O) groups is 1. The molecule has 1 aliphatic rings. The molecule has 1 unspecified atom stereocenters. The van der Waals surface area contributed by atoms with Gasteiger partial charge in [0.25, 0.3) is 0 Å². The van der Waals surface area contributed by atoms with E-state index in [-0.39, 0.29) is 18.7 Å². The molecule has 1 saturated heterocycles. The smallest absolute Gasteiger partial charge is 0.410 e. The third-order valence-electron chi connectivity index (χ3n) is 4.96. The SMILES string of the molecule is CCCc1cnc2nc(C3CCCN3C(=O)OCc3ccccc3)[nH]c2c1. The summed E-state index contributed by atoms with van der Waals surface area (Å²) < 4.78 is 5.52. The third-order valence-corrected chi connectivity index (χ3v) is 4.96. The molecule has 2 aromatic heterocycles. The number of benzene rings is 1. The lowest BCUT2D eigenvalue weighted by Gasteiger charge is -2.22. The fraction of sp³-hybridized carbons (Fsp3) is 0.381. The summed E-state index contributed by atoms with van der Waals surface area (Å²) in [5.41, 5.74) is 3.82. The molecule has 0 saturated carbocycles. The van der Waals surface area contributed by atoms with Gasteiger partial charge in [-0.05, 0) is 36.5 Å². The largest absolute Gasteiger partial charge is 0.445 e. The molecule has 0 bridgehead atoms. The summed E-state index contributed by atoms with van der Waals surface area (Å²) in [5.74, 6) is 0.792. The highest BCUT2D eigenvalue weighted by Crippen LogP contribution is 2.32. The van der Waals surface area contributed by atoms with Crippen LogP contribution in [0.1, 0.15) is 49.2 Å². The number of pyridine rings is 1. The van der Waals surface area contributed by atoms with Crippen LogP contribution in [0.5, 0.6) is 0 Å². The maximum atomic E-state index is 12.6. The Morgan fingerprint density at radius 3 is 2.96 bits per heavy atom. The fourth-order valence-corrected chi connectivity index (χ4v) is 3.62. The Bertz CT molecular complexity index is 922. The molecular weight excluding hydrogens is 340 g/mol. The van der Waals surface area contributed by atoms with Crippen LogP contribution >= 0.6 is 0 Å². The quantitative estimate of drug-likeness (QED) is 0.729. The summed E-state index contributed by atoms with van der Waals surface area (Å²) in [6, 6.07) is 11.8. The van der Waals surface area contributed by atoms with Gasteiger partial charge in [-0.1, -0.05) is 43.7 Å². The van der Waals surface area contributed by atoms with E-state index in [4.69, 9.17) is 4.74 Å². The first-order valence-corrected chi connectivity index (χ1v) is 9.56. The van der Waals surface area contributed by atoms with Crippen LogP contribution in [0.3, 0.4) is 0 Å². The van der Waals surface area contributed by atoms with Crippen molar-refractivity contribution in [3.63, 3.8) is 0 Å². The molecule has 1 amide bonds. The minimum Gasteiger partial charge on any atom is -0.445 e. The zero-order valence-electron chi connectivity index (χ0n) is 15.5. The standard InChI is InChI=1S/C21H24N4O2/c1-2-7-16-12-17-19(22-13-16)24-20(23-17)18-10-6-11-25(18)21(26)27-14-15-8-4-3-5-9-15/h3-5,8-9,12-13,18H,2,6-7,10-11,14H2,1H3,(H,22,23,24). The molecule has 3 aromatic rings. The average molecular weight is 364 g/mol. The number of aromatic amines is 1. The molecule has 27 heavy (non-hydrogen) atoms. The highest BCUT2D eigenvalue weighted by Gasteiger charge is 2.33. The van der Waals surface area contributed by atoms with Crippen LogP contribution in [0.4, 0.5) is 4.79 Å². The lowest BCUT2D eigenvalue weighted by molar-refractivity contribution is 0.0910. The van der Waals surface area contributed by atoms with Gasteiger partial charge in [0.2, 0.25) is 0 Å². The van der Waals surface area contributed by atoms with E-state index in [9.17, 15) is 4.79 Å². The molecule has 6 nitrogen and oxygen atoms in total. The predicted octanol–water partition coefficient (Wildman–Crippen LogP) is 4.38. The first-order valence-electron chi connectivity index (χ1n) is 9.56. The number of aromatic nitrogens is 3. The van der Waals surface area contributed by atoms with Gasteiger partial charge in [-0.3, -0.25) is 4.90 Å². The van der Waals surface area contributed by atoms with Crippen LogP contribution in [0, 0.1) is 0 Å². The zero-order chi connectivity index (χ0) is 18.6. The fourth-order valence-electron chi connectivity index (χ4n) is 3.62. The van der Waals surface area contributed by atoms with Crippen molar-refractivity contribution in [2.75, 3.05) is 6.54 Å². The van der Waals surface area contributed by atoms with E-state index in [1.165, 1.54) is 5.56 Å². The number of aryl methyl sites for hydroxylation is 1. The molecule has 6 heteroatoms. The summed E-state index contributed by atoms with van der Waals surface area (Å²) in [6.45, 7) is 3.12. The van der Waals surface area contributed by atoms with Crippen LogP contribution < -0.4 is 0 Å². The van der Waals surface area contributed by atoms with Gasteiger partial charge >= 0.3 is 6.09 Å². The van der Waals surface area contributed by atoms with Crippen LogP contribution in [0.2, 0.25) is 0 Å². The van der Waals surface area contributed by atoms with Gasteiger partial charge in [0.05, 0.1) is 11.6 Å². The number of ether oxygens (including phenoxy) is 1.